The van der Waals surface area contributed by atoms with Crippen LogP contribution < -0.4 is 0 Å². The highest BCUT2D eigenvalue weighted by Crippen LogP contribution is 2.57. The van der Waals surface area contributed by atoms with Crippen molar-refractivity contribution in [2.45, 2.75) is 16.9 Å². The molecule has 1 saturated heterocycles. The van der Waals surface area contributed by atoms with Gasteiger partial charge in [0.15, 0.2) is 0 Å². The Morgan fingerprint density at radius 1 is 1.20 bits per heavy atom. The molecule has 4 aromatic rings. The van der Waals surface area contributed by atoms with Crippen molar-refractivity contribution >= 4 is 21.8 Å². The molecule has 0 saturated carbocycles. The number of nitriles is 1. The Morgan fingerprint density at radius 2 is 2.00 bits per heavy atom. The van der Waals surface area contributed by atoms with Crippen molar-refractivity contribution in [1.29, 1.82) is 5.26 Å². The number of rotatable bonds is 5. The van der Waals surface area contributed by atoms with Crippen LogP contribution in [0.15, 0.2) is 72.1 Å². The van der Waals surface area contributed by atoms with Crippen molar-refractivity contribution in [2.24, 2.45) is 0 Å². The Labute approximate surface area is 176 Å². The lowest BCUT2D eigenvalue weighted by Crippen LogP contribution is -2.62. The van der Waals surface area contributed by atoms with Crippen molar-refractivity contribution in [3.8, 4) is 17.2 Å². The highest BCUT2D eigenvalue weighted by molar-refractivity contribution is 8.22. The molecular weight excluding hydrogens is 400 g/mol. The first-order valence-corrected chi connectivity index (χ1v) is 11.0. The topological polar surface area (TPSA) is 114 Å². The van der Waals surface area contributed by atoms with E-state index in [1.165, 1.54) is 0 Å². The summed E-state index contributed by atoms with van der Waals surface area (Å²) < 4.78 is 25.0. The average molecular weight is 423 g/mol. The number of aromatic nitrogens is 4. The summed E-state index contributed by atoms with van der Waals surface area (Å²) in [4.78, 5) is 7.90. The van der Waals surface area contributed by atoms with Crippen LogP contribution in [0.3, 0.4) is 0 Å². The van der Waals surface area contributed by atoms with Gasteiger partial charge in [-0.25, -0.2) is 4.98 Å². The molecule has 9 heteroatoms. The van der Waals surface area contributed by atoms with Gasteiger partial charge >= 0.3 is 0 Å². The summed E-state index contributed by atoms with van der Waals surface area (Å²) in [5.41, 5.74) is 2.13. The lowest BCUT2D eigenvalue weighted by atomic mass is 9.89. The molecule has 5 rings (SSSR count). The zero-order valence-corrected chi connectivity index (χ0v) is 16.8. The van der Waals surface area contributed by atoms with E-state index >= 15 is 0 Å². The molecule has 0 bridgehead atoms. The molecule has 8 nitrogen and oxygen atoms in total. The number of nitrogens with zero attached hydrogens (tertiary/aromatic N) is 5. The van der Waals surface area contributed by atoms with Crippen LogP contribution in [-0.4, -0.2) is 46.2 Å². The molecule has 30 heavy (non-hydrogen) atoms. The van der Waals surface area contributed by atoms with Crippen molar-refractivity contribution in [1.82, 2.24) is 24.1 Å². The van der Waals surface area contributed by atoms with Crippen LogP contribution in [0.1, 0.15) is 7.85 Å². The molecule has 0 atom stereocenters. The third kappa shape index (κ3) is 2.89. The van der Waals surface area contributed by atoms with E-state index in [1.54, 1.807) is 45.6 Å². The second kappa shape index (κ2) is 6.97. The van der Waals surface area contributed by atoms with Crippen molar-refractivity contribution < 1.29 is 10.5 Å². The highest BCUT2D eigenvalue weighted by Gasteiger charge is 2.50. The van der Waals surface area contributed by atoms with Gasteiger partial charge in [0.25, 0.3) is 0 Å². The fourth-order valence-electron chi connectivity index (χ4n) is 3.96. The molecule has 0 aliphatic carbocycles. The third-order valence-electron chi connectivity index (χ3n) is 5.61. The number of pyridine rings is 1. The first-order valence-electron chi connectivity index (χ1n) is 9.46. The van der Waals surface area contributed by atoms with Crippen molar-refractivity contribution in [3.63, 3.8) is 0 Å². The standard InChI is InChI=1S/C21H20N6O2S.H2/c22-9-8-21(14-26(15-21)30(28,29)17-4-2-1-3-5-17)27-13-16(12-25-27)18-6-10-23-20-19(18)7-11-24-20;/h1-7,10-13,28-29H,8,14-15H2,(H,23,24);1H. The first kappa shape index (κ1) is 18.8. The lowest BCUT2D eigenvalue weighted by molar-refractivity contribution is 0.0625. The highest BCUT2D eigenvalue weighted by atomic mass is 32.3. The number of hydrogen-bond donors (Lipinski definition) is 3. The van der Waals surface area contributed by atoms with E-state index < -0.39 is 16.3 Å². The second-order valence-electron chi connectivity index (χ2n) is 7.46. The summed E-state index contributed by atoms with van der Waals surface area (Å²) in [5.74, 6) is 0. The largest absolute Gasteiger partial charge is 0.346 e. The van der Waals surface area contributed by atoms with Crippen molar-refractivity contribution in [3.05, 3.63) is 67.3 Å². The Morgan fingerprint density at radius 3 is 2.77 bits per heavy atom. The van der Waals surface area contributed by atoms with Gasteiger partial charge in [-0.05, 0) is 29.8 Å². The Balaban J connectivity index is 0.00000231. The summed E-state index contributed by atoms with van der Waals surface area (Å²) in [6.45, 7) is 0.656. The minimum absolute atomic E-state index is 0. The van der Waals surface area contributed by atoms with Crippen LogP contribution in [0.25, 0.3) is 22.2 Å². The molecule has 4 heterocycles. The molecule has 154 valence electrons. The number of nitrogens with one attached hydrogen (secondary N) is 1. The number of hydrogen-bond acceptors (Lipinski definition) is 6. The summed E-state index contributed by atoms with van der Waals surface area (Å²) in [6, 6.07) is 15.0. The third-order valence-corrected chi connectivity index (χ3v) is 7.49. The zero-order chi connectivity index (χ0) is 20.8. The maximum Gasteiger partial charge on any atom is 0.137 e. The van der Waals surface area contributed by atoms with Gasteiger partial charge in [0.05, 0.1) is 23.6 Å². The first-order chi connectivity index (χ1) is 14.5. The van der Waals surface area contributed by atoms with Gasteiger partial charge < -0.3 is 4.98 Å². The van der Waals surface area contributed by atoms with E-state index in [2.05, 4.69) is 21.1 Å². The molecule has 3 aromatic heterocycles. The Kier molecular flexibility index (Phi) is 4.38. The van der Waals surface area contributed by atoms with E-state index in [4.69, 9.17) is 0 Å². The molecule has 0 amide bonds. The monoisotopic (exact) mass is 422 g/mol. The van der Waals surface area contributed by atoms with Gasteiger partial charge in [-0.15, -0.1) is 10.8 Å². The molecule has 0 unspecified atom stereocenters. The zero-order valence-electron chi connectivity index (χ0n) is 16.0. The van der Waals surface area contributed by atoms with Crippen molar-refractivity contribution in [2.75, 3.05) is 13.1 Å². The van der Waals surface area contributed by atoms with Crippen LogP contribution in [0.2, 0.25) is 0 Å². The maximum atomic E-state index is 10.8. The minimum atomic E-state index is -3.10. The molecule has 1 aromatic carbocycles. The Bertz CT molecular complexity index is 1240. The molecule has 1 aliphatic heterocycles. The minimum Gasteiger partial charge on any atom is -0.346 e. The van der Waals surface area contributed by atoms with Crippen LogP contribution in [0.4, 0.5) is 0 Å². The average Bonchev–Trinajstić information content (AvgIpc) is 3.40. The predicted octanol–water partition coefficient (Wildman–Crippen LogP) is 4.32. The molecular formula is C21H22N6O2S. The molecule has 3 N–H and O–H groups in total. The van der Waals surface area contributed by atoms with Gasteiger partial charge in [0.1, 0.15) is 11.2 Å². The van der Waals surface area contributed by atoms with E-state index in [0.717, 1.165) is 22.2 Å². The maximum absolute atomic E-state index is 10.8. The summed E-state index contributed by atoms with van der Waals surface area (Å²) in [6.07, 6.45) is 7.52. The number of fused-ring (bicyclic) bond motifs is 1. The van der Waals surface area contributed by atoms with E-state index in [0.29, 0.717) is 18.0 Å². The molecule has 1 aliphatic rings. The van der Waals surface area contributed by atoms with E-state index in [-0.39, 0.29) is 7.85 Å². The van der Waals surface area contributed by atoms with E-state index in [9.17, 15) is 14.4 Å². The van der Waals surface area contributed by atoms with Crippen LogP contribution >= 0.6 is 10.8 Å². The summed E-state index contributed by atoms with van der Waals surface area (Å²) >= 11 is 0. The molecule has 0 radical (unpaired) electrons. The number of H-pyrrole nitrogens is 1. The quantitative estimate of drug-likeness (QED) is 0.441. The SMILES string of the molecule is N#CCC1(n2cc(-c3ccnc4[nH]ccc34)cn2)CN(S(O)(O)c2ccccc2)C1.[HH]. The van der Waals surface area contributed by atoms with Crippen LogP contribution in [0.5, 0.6) is 0 Å². The van der Waals surface area contributed by atoms with E-state index in [1.807, 2.05) is 30.6 Å². The van der Waals surface area contributed by atoms with Gasteiger partial charge in [-0.3, -0.25) is 13.8 Å². The van der Waals surface area contributed by atoms with Gasteiger partial charge in [-0.1, -0.05) is 18.2 Å². The van der Waals surface area contributed by atoms with Crippen LogP contribution in [-0.2, 0) is 5.54 Å². The molecule has 1 fully saturated rings. The summed E-state index contributed by atoms with van der Waals surface area (Å²) in [7, 11) is -3.10. The van der Waals surface area contributed by atoms with Gasteiger partial charge in [-0.2, -0.15) is 14.7 Å². The van der Waals surface area contributed by atoms with Crippen LogP contribution in [0, 0.1) is 11.3 Å². The molecule has 0 spiro atoms. The number of aromatic amines is 1. The fraction of sp³-hybridized carbons (Fsp3) is 0.190. The number of benzene rings is 1. The lowest BCUT2D eigenvalue weighted by Gasteiger charge is -2.56. The smallest absolute Gasteiger partial charge is 0.137 e. The van der Waals surface area contributed by atoms with Gasteiger partial charge in [0.2, 0.25) is 0 Å². The Hall–Kier alpha value is -3.16. The van der Waals surface area contributed by atoms with Gasteiger partial charge in [0, 0.05) is 44.1 Å². The fourth-order valence-corrected chi connectivity index (χ4v) is 5.62. The normalized spacial score (nSPS) is 16.8. The second-order valence-corrected chi connectivity index (χ2v) is 9.49. The summed E-state index contributed by atoms with van der Waals surface area (Å²) in [5, 5.41) is 15.0. The predicted molar refractivity (Wildman–Crippen MR) is 117 cm³/mol.